The predicted octanol–water partition coefficient (Wildman–Crippen LogP) is 1.49. The van der Waals surface area contributed by atoms with E-state index in [1.807, 2.05) is 0 Å². The topological polar surface area (TPSA) is 81.2 Å². The Morgan fingerprint density at radius 1 is 1.29 bits per heavy atom. The predicted molar refractivity (Wildman–Crippen MR) is 94.1 cm³/mol. The number of imidazole rings is 1. The van der Waals surface area contributed by atoms with Gasteiger partial charge in [0.2, 0.25) is 0 Å². The SMILES string of the molecule is OCC[C@@H]1CN(c2ncnc3nc[nH]c23)CCN1Cc1ccsc1. The second-order valence-electron chi connectivity index (χ2n) is 6.01. The number of nitrogens with zero attached hydrogens (tertiary/aromatic N) is 5. The van der Waals surface area contributed by atoms with E-state index in [0.717, 1.165) is 43.9 Å². The molecule has 3 aromatic heterocycles. The van der Waals surface area contributed by atoms with E-state index in [9.17, 15) is 5.11 Å². The van der Waals surface area contributed by atoms with E-state index < -0.39 is 0 Å². The van der Waals surface area contributed by atoms with Crippen LogP contribution in [0.25, 0.3) is 11.2 Å². The van der Waals surface area contributed by atoms with Gasteiger partial charge in [0.05, 0.1) is 6.33 Å². The van der Waals surface area contributed by atoms with Crippen LogP contribution in [0.2, 0.25) is 0 Å². The molecule has 1 aliphatic heterocycles. The Morgan fingerprint density at radius 2 is 2.25 bits per heavy atom. The van der Waals surface area contributed by atoms with E-state index in [1.165, 1.54) is 5.56 Å². The van der Waals surface area contributed by atoms with Gasteiger partial charge in [-0.25, -0.2) is 15.0 Å². The van der Waals surface area contributed by atoms with Crippen LogP contribution in [-0.4, -0.2) is 62.2 Å². The second-order valence-corrected chi connectivity index (χ2v) is 6.79. The summed E-state index contributed by atoms with van der Waals surface area (Å²) in [6, 6.07) is 2.47. The molecule has 126 valence electrons. The van der Waals surface area contributed by atoms with Gasteiger partial charge in [-0.2, -0.15) is 11.3 Å². The molecule has 1 fully saturated rings. The maximum absolute atomic E-state index is 9.47. The Bertz CT molecular complexity index is 789. The number of thiophene rings is 1. The molecule has 1 saturated heterocycles. The van der Waals surface area contributed by atoms with Crippen molar-refractivity contribution in [3.05, 3.63) is 35.0 Å². The zero-order chi connectivity index (χ0) is 16.4. The molecule has 7 nitrogen and oxygen atoms in total. The first-order valence-electron chi connectivity index (χ1n) is 8.10. The lowest BCUT2D eigenvalue weighted by atomic mass is 10.1. The van der Waals surface area contributed by atoms with Gasteiger partial charge in [0, 0.05) is 38.8 Å². The summed E-state index contributed by atoms with van der Waals surface area (Å²) in [6.07, 6.45) is 3.98. The number of aliphatic hydroxyl groups is 1. The number of aromatic amines is 1. The first-order chi connectivity index (χ1) is 11.8. The third kappa shape index (κ3) is 3.00. The van der Waals surface area contributed by atoms with Crippen LogP contribution in [0.1, 0.15) is 12.0 Å². The van der Waals surface area contributed by atoms with E-state index in [2.05, 4.69) is 46.6 Å². The number of hydrogen-bond donors (Lipinski definition) is 2. The van der Waals surface area contributed by atoms with Gasteiger partial charge >= 0.3 is 0 Å². The molecule has 1 atom stereocenters. The number of hydrogen-bond acceptors (Lipinski definition) is 7. The number of fused-ring (bicyclic) bond motifs is 1. The molecule has 3 aromatic rings. The Kier molecular flexibility index (Phi) is 4.42. The number of aromatic nitrogens is 4. The van der Waals surface area contributed by atoms with E-state index in [1.54, 1.807) is 24.0 Å². The molecule has 24 heavy (non-hydrogen) atoms. The number of anilines is 1. The molecule has 8 heteroatoms. The lowest BCUT2D eigenvalue weighted by Gasteiger charge is -2.41. The highest BCUT2D eigenvalue weighted by Crippen LogP contribution is 2.25. The van der Waals surface area contributed by atoms with E-state index in [0.29, 0.717) is 11.7 Å². The molecule has 0 saturated carbocycles. The molecule has 0 amide bonds. The molecule has 4 rings (SSSR count). The lowest BCUT2D eigenvalue weighted by Crippen LogP contribution is -2.53. The molecule has 0 unspecified atom stereocenters. The van der Waals surface area contributed by atoms with Crippen molar-refractivity contribution in [3.8, 4) is 0 Å². The summed E-state index contributed by atoms with van der Waals surface area (Å²) < 4.78 is 0. The molecule has 0 bridgehead atoms. The summed E-state index contributed by atoms with van der Waals surface area (Å²) >= 11 is 1.73. The van der Waals surface area contributed by atoms with Crippen LogP contribution < -0.4 is 4.90 Å². The average molecular weight is 344 g/mol. The van der Waals surface area contributed by atoms with E-state index >= 15 is 0 Å². The minimum atomic E-state index is 0.196. The number of H-pyrrole nitrogens is 1. The molecule has 0 spiro atoms. The first-order valence-corrected chi connectivity index (χ1v) is 9.04. The zero-order valence-corrected chi connectivity index (χ0v) is 14.1. The highest BCUT2D eigenvalue weighted by Gasteiger charge is 2.28. The molecule has 2 N–H and O–H groups in total. The van der Waals surface area contributed by atoms with Gasteiger partial charge in [-0.1, -0.05) is 0 Å². The number of aliphatic hydroxyl groups excluding tert-OH is 1. The lowest BCUT2D eigenvalue weighted by molar-refractivity contribution is 0.135. The standard InChI is InChI=1S/C16H20N6OS/c23-5-1-13-8-22(4-3-21(13)7-12-2-6-24-9-12)16-14-15(18-10-17-14)19-11-20-16/h2,6,9-11,13,23H,1,3-5,7-8H2,(H,17,18,19,20)/t13-/m1/s1. The summed E-state index contributed by atoms with van der Waals surface area (Å²) in [5.74, 6) is 0.899. The fourth-order valence-electron chi connectivity index (χ4n) is 3.33. The van der Waals surface area contributed by atoms with E-state index in [-0.39, 0.29) is 6.61 Å². The monoisotopic (exact) mass is 344 g/mol. The normalized spacial score (nSPS) is 19.2. The molecule has 1 aliphatic rings. The van der Waals surface area contributed by atoms with Gasteiger partial charge in [-0.05, 0) is 28.8 Å². The van der Waals surface area contributed by atoms with Crippen LogP contribution in [0.3, 0.4) is 0 Å². The molecular weight excluding hydrogens is 324 g/mol. The maximum atomic E-state index is 9.47. The van der Waals surface area contributed by atoms with Crippen LogP contribution in [0.5, 0.6) is 0 Å². The number of piperazine rings is 1. The summed E-state index contributed by atoms with van der Waals surface area (Å²) in [5, 5.41) is 13.8. The summed E-state index contributed by atoms with van der Waals surface area (Å²) in [7, 11) is 0. The zero-order valence-electron chi connectivity index (χ0n) is 13.3. The minimum Gasteiger partial charge on any atom is -0.396 e. The quantitative estimate of drug-likeness (QED) is 0.730. The Hall–Kier alpha value is -2.03. The second kappa shape index (κ2) is 6.84. The Balaban J connectivity index is 1.54. The summed E-state index contributed by atoms with van der Waals surface area (Å²) in [5.41, 5.74) is 2.92. The van der Waals surface area contributed by atoms with Crippen molar-refractivity contribution in [2.75, 3.05) is 31.1 Å². The molecular formula is C16H20N6OS. The highest BCUT2D eigenvalue weighted by molar-refractivity contribution is 7.07. The van der Waals surface area contributed by atoms with Crippen LogP contribution in [0, 0.1) is 0 Å². The van der Waals surface area contributed by atoms with Crippen LogP contribution in [-0.2, 0) is 6.54 Å². The van der Waals surface area contributed by atoms with Crippen molar-refractivity contribution in [3.63, 3.8) is 0 Å². The van der Waals surface area contributed by atoms with Crippen LogP contribution in [0.4, 0.5) is 5.82 Å². The van der Waals surface area contributed by atoms with Crippen molar-refractivity contribution in [1.29, 1.82) is 0 Å². The maximum Gasteiger partial charge on any atom is 0.182 e. The smallest absolute Gasteiger partial charge is 0.182 e. The van der Waals surface area contributed by atoms with Crippen molar-refractivity contribution < 1.29 is 5.11 Å². The fraction of sp³-hybridized carbons (Fsp3) is 0.438. The minimum absolute atomic E-state index is 0.196. The van der Waals surface area contributed by atoms with Gasteiger partial charge in [-0.15, -0.1) is 0 Å². The van der Waals surface area contributed by atoms with Gasteiger partial charge in [-0.3, -0.25) is 4.90 Å². The third-order valence-corrected chi connectivity index (χ3v) is 5.27. The van der Waals surface area contributed by atoms with Crippen LogP contribution in [0.15, 0.2) is 29.5 Å². The summed E-state index contributed by atoms with van der Waals surface area (Å²) in [6.45, 7) is 3.82. The van der Waals surface area contributed by atoms with Crippen LogP contribution >= 0.6 is 11.3 Å². The van der Waals surface area contributed by atoms with Crippen molar-refractivity contribution in [2.45, 2.75) is 19.0 Å². The highest BCUT2D eigenvalue weighted by atomic mass is 32.1. The van der Waals surface area contributed by atoms with Crippen molar-refractivity contribution >= 4 is 28.3 Å². The number of rotatable bonds is 5. The van der Waals surface area contributed by atoms with Gasteiger partial charge in [0.25, 0.3) is 0 Å². The fourth-order valence-corrected chi connectivity index (χ4v) is 3.99. The average Bonchev–Trinajstić information content (AvgIpc) is 3.27. The molecule has 0 radical (unpaired) electrons. The molecule has 0 aliphatic carbocycles. The molecule has 4 heterocycles. The van der Waals surface area contributed by atoms with Gasteiger partial charge in [0.1, 0.15) is 11.8 Å². The Labute approximate surface area is 144 Å². The molecule has 0 aromatic carbocycles. The van der Waals surface area contributed by atoms with Gasteiger partial charge in [0.15, 0.2) is 11.5 Å². The van der Waals surface area contributed by atoms with E-state index in [4.69, 9.17) is 0 Å². The van der Waals surface area contributed by atoms with Crippen molar-refractivity contribution in [1.82, 2.24) is 24.8 Å². The third-order valence-electron chi connectivity index (χ3n) is 4.54. The largest absolute Gasteiger partial charge is 0.396 e. The Morgan fingerprint density at radius 3 is 3.08 bits per heavy atom. The van der Waals surface area contributed by atoms with Gasteiger partial charge < -0.3 is 15.0 Å². The number of nitrogens with one attached hydrogen (secondary N) is 1. The van der Waals surface area contributed by atoms with Crippen molar-refractivity contribution in [2.24, 2.45) is 0 Å². The summed E-state index contributed by atoms with van der Waals surface area (Å²) in [4.78, 5) is 20.7. The first kappa shape index (κ1) is 15.5.